The van der Waals surface area contributed by atoms with Gasteiger partial charge in [0.1, 0.15) is 5.69 Å². The van der Waals surface area contributed by atoms with E-state index in [2.05, 4.69) is 4.98 Å². The molecule has 3 rings (SSSR count). The number of carbonyl (C=O) groups excluding carboxylic acids is 2. The lowest BCUT2D eigenvalue weighted by molar-refractivity contribution is 0.0787. The van der Waals surface area contributed by atoms with Crippen molar-refractivity contribution in [2.24, 2.45) is 0 Å². The van der Waals surface area contributed by atoms with E-state index < -0.39 is 0 Å². The Morgan fingerprint density at radius 3 is 2.69 bits per heavy atom. The number of carbonyl (C=O) groups is 2. The number of aromatic amines is 1. The maximum absolute atomic E-state index is 12.5. The maximum Gasteiger partial charge on any atom is 0.270 e. The molecule has 0 radical (unpaired) electrons. The Morgan fingerprint density at radius 2 is 1.96 bits per heavy atom. The molecule has 0 atom stereocenters. The van der Waals surface area contributed by atoms with Crippen molar-refractivity contribution < 1.29 is 9.59 Å². The lowest BCUT2D eigenvalue weighted by Crippen LogP contribution is -2.28. The van der Waals surface area contributed by atoms with Gasteiger partial charge in [-0.25, -0.2) is 0 Å². The molecule has 1 fully saturated rings. The molecule has 26 heavy (non-hydrogen) atoms. The summed E-state index contributed by atoms with van der Waals surface area (Å²) in [5.74, 6) is -0.0945. The summed E-state index contributed by atoms with van der Waals surface area (Å²) >= 11 is 12.2. The van der Waals surface area contributed by atoms with Crippen molar-refractivity contribution in [2.75, 3.05) is 26.7 Å². The van der Waals surface area contributed by atoms with Crippen molar-refractivity contribution in [1.29, 1.82) is 0 Å². The number of benzene rings is 1. The number of likely N-dealkylation sites (tertiary alicyclic amines) is 1. The number of nitrogens with one attached hydrogen (secondary N) is 1. The monoisotopic (exact) mass is 393 g/mol. The van der Waals surface area contributed by atoms with Crippen LogP contribution in [0.3, 0.4) is 0 Å². The van der Waals surface area contributed by atoms with E-state index in [0.29, 0.717) is 27.8 Å². The van der Waals surface area contributed by atoms with Gasteiger partial charge in [0, 0.05) is 31.4 Å². The van der Waals surface area contributed by atoms with Gasteiger partial charge >= 0.3 is 0 Å². The minimum atomic E-state index is -0.0534. The maximum atomic E-state index is 12.5. The van der Waals surface area contributed by atoms with Crippen LogP contribution in [0.2, 0.25) is 10.0 Å². The highest BCUT2D eigenvalue weighted by atomic mass is 35.5. The van der Waals surface area contributed by atoms with Crippen molar-refractivity contribution in [3.05, 3.63) is 57.3 Å². The van der Waals surface area contributed by atoms with Crippen LogP contribution in [0.25, 0.3) is 0 Å². The van der Waals surface area contributed by atoms with Crippen molar-refractivity contribution in [1.82, 2.24) is 14.8 Å². The van der Waals surface area contributed by atoms with Crippen molar-refractivity contribution in [3.8, 4) is 0 Å². The third kappa shape index (κ3) is 4.29. The Morgan fingerprint density at radius 1 is 1.23 bits per heavy atom. The molecule has 0 unspecified atom stereocenters. The standard InChI is InChI=1S/C19H21Cl2N3O2/c1-23(11-13-5-4-6-15(20)18(13)21)12-17(25)14-9-16(22-10-14)19(26)24-7-2-3-8-24/h4-6,9-10,22H,2-3,7-8,11-12H2,1H3. The van der Waals surface area contributed by atoms with Gasteiger partial charge in [0.05, 0.1) is 16.6 Å². The molecule has 1 saturated heterocycles. The van der Waals surface area contributed by atoms with E-state index in [1.54, 1.807) is 18.3 Å². The molecule has 0 bridgehead atoms. The summed E-state index contributed by atoms with van der Waals surface area (Å²) in [6, 6.07) is 7.10. The van der Waals surface area contributed by atoms with Gasteiger partial charge in [-0.2, -0.15) is 0 Å². The minimum absolute atomic E-state index is 0.0411. The Hall–Kier alpha value is -1.82. The predicted octanol–water partition coefficient (Wildman–Crippen LogP) is 3.87. The molecular weight excluding hydrogens is 373 g/mol. The van der Waals surface area contributed by atoms with Gasteiger partial charge in [-0.1, -0.05) is 35.3 Å². The number of likely N-dealkylation sites (N-methyl/N-ethyl adjacent to an activating group) is 1. The lowest BCUT2D eigenvalue weighted by Gasteiger charge is -2.16. The summed E-state index contributed by atoms with van der Waals surface area (Å²) in [5, 5.41) is 1.01. The topological polar surface area (TPSA) is 56.4 Å². The molecule has 2 aromatic rings. The average molecular weight is 394 g/mol. The SMILES string of the molecule is CN(CC(=O)c1c[nH]c(C(=O)N2CCCC2)c1)Cc1cccc(Cl)c1Cl. The van der Waals surface area contributed by atoms with Crippen LogP contribution in [0, 0.1) is 0 Å². The average Bonchev–Trinajstić information content (AvgIpc) is 3.29. The Labute approximate surface area is 162 Å². The number of ketones is 1. The van der Waals surface area contributed by atoms with Crippen LogP contribution in [0.5, 0.6) is 0 Å². The summed E-state index contributed by atoms with van der Waals surface area (Å²) in [6.07, 6.45) is 3.68. The van der Waals surface area contributed by atoms with E-state index in [1.807, 2.05) is 29.0 Å². The van der Waals surface area contributed by atoms with E-state index >= 15 is 0 Å². The molecule has 1 N–H and O–H groups in total. The lowest BCUT2D eigenvalue weighted by atomic mass is 10.1. The van der Waals surface area contributed by atoms with Crippen LogP contribution in [-0.2, 0) is 6.54 Å². The molecule has 1 aromatic carbocycles. The van der Waals surface area contributed by atoms with Crippen LogP contribution in [0.1, 0.15) is 39.3 Å². The molecule has 1 aromatic heterocycles. The first-order valence-corrected chi connectivity index (χ1v) is 9.33. The summed E-state index contributed by atoms with van der Waals surface area (Å²) < 4.78 is 0. The van der Waals surface area contributed by atoms with E-state index in [4.69, 9.17) is 23.2 Å². The first-order valence-electron chi connectivity index (χ1n) is 8.58. The number of nitrogens with zero attached hydrogens (tertiary/aromatic N) is 2. The van der Waals surface area contributed by atoms with Gasteiger partial charge in [0.25, 0.3) is 5.91 Å². The van der Waals surface area contributed by atoms with E-state index in [1.165, 1.54) is 0 Å². The molecular formula is C19H21Cl2N3O2. The molecule has 1 amide bonds. The fourth-order valence-electron chi connectivity index (χ4n) is 3.12. The Bertz CT molecular complexity index is 813. The summed E-state index contributed by atoms with van der Waals surface area (Å²) in [6.45, 7) is 2.29. The van der Waals surface area contributed by atoms with Crippen LogP contribution < -0.4 is 0 Å². The summed E-state index contributed by atoms with van der Waals surface area (Å²) in [7, 11) is 1.85. The Balaban J connectivity index is 1.61. The van der Waals surface area contributed by atoms with E-state index in [-0.39, 0.29) is 18.2 Å². The molecule has 2 heterocycles. The van der Waals surface area contributed by atoms with Gasteiger partial charge in [0.15, 0.2) is 5.78 Å². The number of hydrogen-bond donors (Lipinski definition) is 1. The number of halogens is 2. The van der Waals surface area contributed by atoms with Gasteiger partial charge in [-0.3, -0.25) is 14.5 Å². The highest BCUT2D eigenvalue weighted by Gasteiger charge is 2.22. The normalized spacial score (nSPS) is 14.2. The zero-order valence-electron chi connectivity index (χ0n) is 14.6. The molecule has 1 aliphatic rings. The molecule has 138 valence electrons. The van der Waals surface area contributed by atoms with E-state index in [0.717, 1.165) is 31.5 Å². The second-order valence-electron chi connectivity index (χ2n) is 6.61. The number of hydrogen-bond acceptors (Lipinski definition) is 3. The second kappa shape index (κ2) is 8.25. The number of amides is 1. The minimum Gasteiger partial charge on any atom is -0.356 e. The highest BCUT2D eigenvalue weighted by molar-refractivity contribution is 6.42. The van der Waals surface area contributed by atoms with Gasteiger partial charge in [-0.15, -0.1) is 0 Å². The fraction of sp³-hybridized carbons (Fsp3) is 0.368. The van der Waals surface area contributed by atoms with Crippen LogP contribution in [-0.4, -0.2) is 53.2 Å². The molecule has 0 spiro atoms. The smallest absolute Gasteiger partial charge is 0.270 e. The van der Waals surface area contributed by atoms with Crippen molar-refractivity contribution in [3.63, 3.8) is 0 Å². The molecule has 7 heteroatoms. The predicted molar refractivity (Wildman–Crippen MR) is 103 cm³/mol. The molecule has 1 aliphatic heterocycles. The quantitative estimate of drug-likeness (QED) is 0.757. The molecule has 0 saturated carbocycles. The number of aromatic nitrogens is 1. The Kier molecular flexibility index (Phi) is 6.01. The van der Waals surface area contributed by atoms with Gasteiger partial charge in [0.2, 0.25) is 0 Å². The third-order valence-corrected chi connectivity index (χ3v) is 5.37. The third-order valence-electron chi connectivity index (χ3n) is 4.51. The largest absolute Gasteiger partial charge is 0.356 e. The van der Waals surface area contributed by atoms with Gasteiger partial charge < -0.3 is 9.88 Å². The van der Waals surface area contributed by atoms with E-state index in [9.17, 15) is 9.59 Å². The number of H-pyrrole nitrogens is 1. The highest BCUT2D eigenvalue weighted by Crippen LogP contribution is 2.26. The van der Waals surface area contributed by atoms with Crippen molar-refractivity contribution >= 4 is 34.9 Å². The van der Waals surface area contributed by atoms with Crippen LogP contribution >= 0.6 is 23.2 Å². The van der Waals surface area contributed by atoms with Crippen LogP contribution in [0.4, 0.5) is 0 Å². The zero-order valence-corrected chi connectivity index (χ0v) is 16.1. The molecule has 0 aliphatic carbocycles. The molecule has 5 nitrogen and oxygen atoms in total. The summed E-state index contributed by atoms with van der Waals surface area (Å²) in [4.78, 5) is 31.5. The fourth-order valence-corrected chi connectivity index (χ4v) is 3.50. The second-order valence-corrected chi connectivity index (χ2v) is 7.39. The van der Waals surface area contributed by atoms with Crippen molar-refractivity contribution in [2.45, 2.75) is 19.4 Å². The number of rotatable bonds is 6. The first kappa shape index (κ1) is 19.0. The summed E-state index contributed by atoms with van der Waals surface area (Å²) in [5.41, 5.74) is 1.85. The first-order chi connectivity index (χ1) is 12.5. The van der Waals surface area contributed by atoms with Crippen LogP contribution in [0.15, 0.2) is 30.5 Å². The van der Waals surface area contributed by atoms with Gasteiger partial charge in [-0.05, 0) is 37.6 Å². The zero-order chi connectivity index (χ0) is 18.7. The number of Topliss-reactive ketones (excluding diaryl/α,β-unsaturated/α-hetero) is 1.